The first-order valence-corrected chi connectivity index (χ1v) is 5.96. The zero-order chi connectivity index (χ0) is 8.39. The van der Waals surface area contributed by atoms with E-state index in [4.69, 9.17) is 0 Å². The lowest BCUT2D eigenvalue weighted by Gasteiger charge is -2.19. The molecule has 2 rings (SSSR count). The van der Waals surface area contributed by atoms with Gasteiger partial charge in [-0.3, -0.25) is 0 Å². The molecular weight excluding hydrogens is 186 g/mol. The van der Waals surface area contributed by atoms with Crippen molar-refractivity contribution in [3.63, 3.8) is 0 Å². The zero-order valence-electron chi connectivity index (χ0n) is 6.71. The summed E-state index contributed by atoms with van der Waals surface area (Å²) < 4.78 is 0. The van der Waals surface area contributed by atoms with E-state index in [1.165, 1.54) is 39.8 Å². The van der Waals surface area contributed by atoms with E-state index >= 15 is 0 Å². The highest BCUT2D eigenvalue weighted by Gasteiger charge is 2.11. The van der Waals surface area contributed by atoms with Crippen molar-refractivity contribution in [3.05, 3.63) is 23.8 Å². The fourth-order valence-electron chi connectivity index (χ4n) is 1.56. The highest BCUT2D eigenvalue weighted by atomic mass is 33.1. The number of benzene rings is 1. The quantitative estimate of drug-likeness (QED) is 0.530. The van der Waals surface area contributed by atoms with Gasteiger partial charge in [-0.15, -0.1) is 11.7 Å². The van der Waals surface area contributed by atoms with E-state index in [9.17, 15) is 0 Å². The van der Waals surface area contributed by atoms with E-state index in [1.54, 1.807) is 0 Å². The fraction of sp³-hybridized carbons (Fsp3) is 0.333. The van der Waals surface area contributed by atoms with Crippen LogP contribution in [0, 0.1) is 0 Å². The first-order valence-electron chi connectivity index (χ1n) is 4.09. The first kappa shape index (κ1) is 8.32. The van der Waals surface area contributed by atoms with Crippen molar-refractivity contribution in [2.75, 3.05) is 11.9 Å². The topological polar surface area (TPSA) is 12.0 Å². The molecule has 0 saturated heterocycles. The van der Waals surface area contributed by atoms with Gasteiger partial charge in [-0.1, -0.05) is 16.9 Å². The molecule has 1 nitrogen and oxygen atoms in total. The molecule has 0 spiro atoms. The number of hydrogen-bond acceptors (Lipinski definition) is 3. The van der Waals surface area contributed by atoms with Gasteiger partial charge in [0.25, 0.3) is 0 Å². The van der Waals surface area contributed by atoms with Gasteiger partial charge in [-0.05, 0) is 30.5 Å². The molecule has 0 saturated carbocycles. The standard InChI is InChI=1S/C9H11NS2/c11-12-9-5-1-4-8-7(9)3-2-6-10-8/h1,4-5,10-11H,2-3,6H2. The smallest absolute Gasteiger partial charge is 0.0384 e. The van der Waals surface area contributed by atoms with Gasteiger partial charge in [-0.2, -0.15) is 0 Å². The van der Waals surface area contributed by atoms with Gasteiger partial charge in [0.1, 0.15) is 0 Å². The Balaban J connectivity index is 2.44. The molecule has 0 amide bonds. The maximum atomic E-state index is 4.23. The Morgan fingerprint density at radius 1 is 1.42 bits per heavy atom. The Hall–Kier alpha value is -0.280. The first-order chi connectivity index (χ1) is 5.92. The molecule has 0 fully saturated rings. The average molecular weight is 197 g/mol. The number of hydrogen-bond donors (Lipinski definition) is 2. The summed E-state index contributed by atoms with van der Waals surface area (Å²) in [5.41, 5.74) is 2.73. The van der Waals surface area contributed by atoms with Gasteiger partial charge >= 0.3 is 0 Å². The van der Waals surface area contributed by atoms with Gasteiger partial charge in [0, 0.05) is 17.1 Å². The Morgan fingerprint density at radius 3 is 3.17 bits per heavy atom. The number of fused-ring (bicyclic) bond motifs is 1. The molecule has 0 radical (unpaired) electrons. The van der Waals surface area contributed by atoms with E-state index in [-0.39, 0.29) is 0 Å². The summed E-state index contributed by atoms with van der Waals surface area (Å²) in [5.74, 6) is 0. The van der Waals surface area contributed by atoms with E-state index in [2.05, 4.69) is 35.2 Å². The van der Waals surface area contributed by atoms with Crippen LogP contribution >= 0.6 is 22.5 Å². The SMILES string of the molecule is SSc1cccc2c1CCCN2. The molecule has 1 aromatic rings. The lowest BCUT2D eigenvalue weighted by atomic mass is 10.0. The van der Waals surface area contributed by atoms with Crippen LogP contribution in [-0.2, 0) is 6.42 Å². The lowest BCUT2D eigenvalue weighted by molar-refractivity contribution is 0.815. The van der Waals surface area contributed by atoms with Gasteiger partial charge in [0.05, 0.1) is 0 Å². The Bertz CT molecular complexity index is 272. The maximum absolute atomic E-state index is 4.23. The second-order valence-electron chi connectivity index (χ2n) is 2.90. The molecule has 1 aliphatic heterocycles. The normalized spacial score (nSPS) is 15.1. The number of anilines is 1. The third-order valence-electron chi connectivity index (χ3n) is 2.15. The van der Waals surface area contributed by atoms with Crippen LogP contribution < -0.4 is 5.32 Å². The molecular formula is C9H11NS2. The predicted molar refractivity (Wildman–Crippen MR) is 58.1 cm³/mol. The zero-order valence-corrected chi connectivity index (χ0v) is 8.42. The van der Waals surface area contributed by atoms with Crippen LogP contribution in [0.4, 0.5) is 5.69 Å². The minimum atomic E-state index is 1.10. The van der Waals surface area contributed by atoms with Crippen LogP contribution in [-0.4, -0.2) is 6.54 Å². The third kappa shape index (κ3) is 1.43. The Labute approximate surface area is 81.7 Å². The molecule has 3 heteroatoms. The van der Waals surface area contributed by atoms with E-state index in [0.29, 0.717) is 0 Å². The van der Waals surface area contributed by atoms with Crippen molar-refractivity contribution >= 4 is 28.1 Å². The van der Waals surface area contributed by atoms with Crippen LogP contribution in [0.3, 0.4) is 0 Å². The van der Waals surface area contributed by atoms with E-state index in [1.807, 2.05) is 0 Å². The van der Waals surface area contributed by atoms with Crippen molar-refractivity contribution in [2.45, 2.75) is 17.7 Å². The summed E-state index contributed by atoms with van der Waals surface area (Å²) in [6.45, 7) is 1.10. The van der Waals surface area contributed by atoms with Gasteiger partial charge in [0.2, 0.25) is 0 Å². The summed E-state index contributed by atoms with van der Waals surface area (Å²) in [5, 5.41) is 3.39. The molecule has 12 heavy (non-hydrogen) atoms. The summed E-state index contributed by atoms with van der Waals surface area (Å²) in [4.78, 5) is 1.29. The van der Waals surface area contributed by atoms with Crippen molar-refractivity contribution in [2.24, 2.45) is 0 Å². The van der Waals surface area contributed by atoms with Crippen LogP contribution in [0.2, 0.25) is 0 Å². The second-order valence-corrected chi connectivity index (χ2v) is 4.07. The monoisotopic (exact) mass is 197 g/mol. The number of rotatable bonds is 1. The average Bonchev–Trinajstić information content (AvgIpc) is 2.17. The summed E-state index contributed by atoms with van der Waals surface area (Å²) in [6.07, 6.45) is 2.42. The van der Waals surface area contributed by atoms with E-state index in [0.717, 1.165) is 6.54 Å². The molecule has 1 N–H and O–H groups in total. The van der Waals surface area contributed by atoms with Gasteiger partial charge in [0.15, 0.2) is 0 Å². The Morgan fingerprint density at radius 2 is 2.33 bits per heavy atom. The van der Waals surface area contributed by atoms with Crippen molar-refractivity contribution < 1.29 is 0 Å². The molecule has 1 aliphatic rings. The molecule has 0 bridgehead atoms. The summed E-state index contributed by atoms with van der Waals surface area (Å²) >= 11 is 4.23. The highest BCUT2D eigenvalue weighted by molar-refractivity contribution is 8.68. The predicted octanol–water partition coefficient (Wildman–Crippen LogP) is 2.98. The van der Waals surface area contributed by atoms with E-state index < -0.39 is 0 Å². The molecule has 0 aromatic heterocycles. The largest absolute Gasteiger partial charge is 0.385 e. The molecule has 0 aliphatic carbocycles. The van der Waals surface area contributed by atoms with Crippen LogP contribution in [0.25, 0.3) is 0 Å². The second kappa shape index (κ2) is 3.62. The van der Waals surface area contributed by atoms with Crippen molar-refractivity contribution in [1.29, 1.82) is 0 Å². The summed E-state index contributed by atoms with van der Waals surface area (Å²) in [7, 11) is 1.54. The Kier molecular flexibility index (Phi) is 2.51. The fourth-order valence-corrected chi connectivity index (χ4v) is 2.54. The van der Waals surface area contributed by atoms with Gasteiger partial charge < -0.3 is 5.32 Å². The molecule has 1 heterocycles. The maximum Gasteiger partial charge on any atom is 0.0384 e. The van der Waals surface area contributed by atoms with Crippen LogP contribution in [0.15, 0.2) is 23.1 Å². The van der Waals surface area contributed by atoms with Crippen molar-refractivity contribution in [3.8, 4) is 0 Å². The molecule has 0 unspecified atom stereocenters. The van der Waals surface area contributed by atoms with Gasteiger partial charge in [-0.25, -0.2) is 0 Å². The molecule has 0 atom stereocenters. The van der Waals surface area contributed by atoms with Crippen LogP contribution in [0.5, 0.6) is 0 Å². The number of nitrogens with one attached hydrogen (secondary N) is 1. The van der Waals surface area contributed by atoms with Crippen LogP contribution in [0.1, 0.15) is 12.0 Å². The minimum Gasteiger partial charge on any atom is -0.385 e. The summed E-state index contributed by atoms with van der Waals surface area (Å²) in [6, 6.07) is 6.35. The molecule has 64 valence electrons. The van der Waals surface area contributed by atoms with Crippen molar-refractivity contribution in [1.82, 2.24) is 0 Å². The third-order valence-corrected chi connectivity index (χ3v) is 3.32. The molecule has 1 aromatic carbocycles. The lowest BCUT2D eigenvalue weighted by Crippen LogP contribution is -2.11. The minimum absolute atomic E-state index is 1.10. The number of thiol groups is 1. The highest BCUT2D eigenvalue weighted by Crippen LogP contribution is 2.33.